The Kier molecular flexibility index (Phi) is 11.4. The number of ether oxygens (including phenoxy) is 4. The van der Waals surface area contributed by atoms with Crippen molar-refractivity contribution in [3.63, 3.8) is 0 Å². The minimum Gasteiger partial charge on any atom is -0.598 e. The number of hydrogen-bond donors (Lipinski definition) is 1. The molecule has 1 unspecified atom stereocenters. The summed E-state index contributed by atoms with van der Waals surface area (Å²) in [5.41, 5.74) is -0.678. The Morgan fingerprint density at radius 2 is 1.57 bits per heavy atom. The first-order valence-corrected chi connectivity index (χ1v) is 14.1. The molecular weight excluding hydrogens is 494 g/mol. The summed E-state index contributed by atoms with van der Waals surface area (Å²) in [6, 6.07) is -0.561. The zero-order valence-corrected chi connectivity index (χ0v) is 23.2. The molecule has 0 aromatic rings. The number of hydrogen-bond acceptors (Lipinski definition) is 10. The maximum Gasteiger partial charge on any atom is 0.303 e. The van der Waals surface area contributed by atoms with Crippen molar-refractivity contribution in [2.45, 2.75) is 108 Å². The molecule has 0 spiro atoms. The lowest BCUT2D eigenvalue weighted by atomic mass is 9.88. The molecule has 8 atom stereocenters. The van der Waals surface area contributed by atoms with E-state index in [0.29, 0.717) is 0 Å². The molecule has 9 nitrogen and oxygen atoms in total. The first-order valence-electron chi connectivity index (χ1n) is 11.9. The Hall–Kier alpha value is -1.27. The van der Waals surface area contributed by atoms with Crippen LogP contribution in [-0.4, -0.2) is 68.9 Å². The summed E-state index contributed by atoms with van der Waals surface area (Å²) >= 11 is -0.00634. The zero-order chi connectivity index (χ0) is 26.3. The van der Waals surface area contributed by atoms with E-state index in [-0.39, 0.29) is 5.92 Å². The van der Waals surface area contributed by atoms with Crippen LogP contribution in [0.25, 0.3) is 0 Å². The SMILES string of the molecule is CC(=O)O[C@@H]1[C@H](OC(C)=O)[C@@H](OC(C)=O)[C@@H]2O[C@@H]1[C@H](N[S@+]([O-])C(C)(C)C)C(C)/C=C\CCCCS2. The van der Waals surface area contributed by atoms with E-state index in [1.165, 1.54) is 32.5 Å². The highest BCUT2D eigenvalue weighted by atomic mass is 32.2. The minimum atomic E-state index is -1.47. The van der Waals surface area contributed by atoms with E-state index in [1.54, 1.807) is 0 Å². The van der Waals surface area contributed by atoms with Gasteiger partial charge in [-0.1, -0.05) is 19.1 Å². The fourth-order valence-electron chi connectivity index (χ4n) is 4.00. The van der Waals surface area contributed by atoms with E-state index in [4.69, 9.17) is 18.9 Å². The van der Waals surface area contributed by atoms with Crippen LogP contribution >= 0.6 is 11.8 Å². The van der Waals surface area contributed by atoms with E-state index < -0.39 is 69.9 Å². The van der Waals surface area contributed by atoms with Crippen molar-refractivity contribution in [1.29, 1.82) is 0 Å². The second kappa shape index (κ2) is 13.3. The number of carbonyl (C=O) groups is 3. The number of nitrogens with one attached hydrogen (secondary N) is 1. The molecule has 35 heavy (non-hydrogen) atoms. The lowest BCUT2D eigenvalue weighted by Gasteiger charge is -2.47. The number of carbonyl (C=O) groups excluding carboxylic acids is 3. The first-order chi connectivity index (χ1) is 16.3. The van der Waals surface area contributed by atoms with Gasteiger partial charge in [0.05, 0.1) is 6.04 Å². The number of allylic oxidation sites excluding steroid dienone is 1. The predicted octanol–water partition coefficient (Wildman–Crippen LogP) is 3.04. The Morgan fingerprint density at radius 1 is 1.00 bits per heavy atom. The molecule has 2 aliphatic heterocycles. The monoisotopic (exact) mass is 533 g/mol. The van der Waals surface area contributed by atoms with Crippen LogP contribution in [0.5, 0.6) is 0 Å². The molecule has 2 aliphatic rings. The summed E-state index contributed by atoms with van der Waals surface area (Å²) in [4.78, 5) is 36.2. The summed E-state index contributed by atoms with van der Waals surface area (Å²) in [5.74, 6) is -1.21. The average molecular weight is 534 g/mol. The number of rotatable bonds is 5. The normalized spacial score (nSPS) is 33.9. The van der Waals surface area contributed by atoms with Crippen molar-refractivity contribution in [3.8, 4) is 0 Å². The highest BCUT2D eigenvalue weighted by Gasteiger charge is 2.55. The Morgan fingerprint density at radius 3 is 2.14 bits per heavy atom. The van der Waals surface area contributed by atoms with Gasteiger partial charge in [-0.2, -0.15) is 0 Å². The number of esters is 3. The summed E-state index contributed by atoms with van der Waals surface area (Å²) in [6.07, 6.45) is 2.91. The fourth-order valence-corrected chi connectivity index (χ4v) is 6.16. The lowest BCUT2D eigenvalue weighted by Crippen LogP contribution is -2.66. The van der Waals surface area contributed by atoms with Crippen LogP contribution in [0.15, 0.2) is 12.2 Å². The van der Waals surface area contributed by atoms with Gasteiger partial charge in [-0.05, 0) is 51.7 Å². The molecule has 0 aromatic heterocycles. The molecule has 0 saturated carbocycles. The van der Waals surface area contributed by atoms with Crippen LogP contribution in [0.1, 0.15) is 67.7 Å². The van der Waals surface area contributed by atoms with Crippen molar-refractivity contribution in [2.24, 2.45) is 5.92 Å². The van der Waals surface area contributed by atoms with Gasteiger partial charge in [-0.25, -0.2) is 0 Å². The van der Waals surface area contributed by atoms with Crippen molar-refractivity contribution >= 4 is 41.0 Å². The predicted molar refractivity (Wildman–Crippen MR) is 135 cm³/mol. The molecule has 1 fully saturated rings. The molecular formula is C24H39NO8S2. The second-order valence-electron chi connectivity index (χ2n) is 9.87. The van der Waals surface area contributed by atoms with Crippen LogP contribution in [0.4, 0.5) is 0 Å². The summed E-state index contributed by atoms with van der Waals surface area (Å²) < 4.78 is 39.1. The van der Waals surface area contributed by atoms with Crippen molar-refractivity contribution < 1.29 is 37.9 Å². The van der Waals surface area contributed by atoms with E-state index in [0.717, 1.165) is 25.0 Å². The van der Waals surface area contributed by atoms with Crippen LogP contribution in [0.2, 0.25) is 0 Å². The maximum atomic E-state index is 13.2. The maximum absolute atomic E-state index is 13.2. The summed E-state index contributed by atoms with van der Waals surface area (Å²) in [5, 5.41) is 0. The third-order valence-corrected chi connectivity index (χ3v) is 8.47. The molecule has 0 radical (unpaired) electrons. The molecule has 200 valence electrons. The highest BCUT2D eigenvalue weighted by Crippen LogP contribution is 2.37. The van der Waals surface area contributed by atoms with Gasteiger partial charge >= 0.3 is 17.9 Å². The third-order valence-electron chi connectivity index (χ3n) is 5.64. The quantitative estimate of drug-likeness (QED) is 0.244. The smallest absolute Gasteiger partial charge is 0.303 e. The third kappa shape index (κ3) is 8.96. The number of thioether (sulfide) groups is 1. The highest BCUT2D eigenvalue weighted by molar-refractivity contribution is 7.99. The van der Waals surface area contributed by atoms with Gasteiger partial charge in [-0.15, -0.1) is 16.5 Å². The van der Waals surface area contributed by atoms with Crippen LogP contribution in [-0.2, 0) is 44.7 Å². The second-order valence-corrected chi connectivity index (χ2v) is 13.1. The minimum absolute atomic E-state index is 0.169. The van der Waals surface area contributed by atoms with E-state index in [9.17, 15) is 18.9 Å². The summed E-state index contributed by atoms with van der Waals surface area (Å²) in [7, 11) is 0. The van der Waals surface area contributed by atoms with Gasteiger partial charge < -0.3 is 23.5 Å². The van der Waals surface area contributed by atoms with E-state index >= 15 is 0 Å². The summed E-state index contributed by atoms with van der Waals surface area (Å²) in [6.45, 7) is 11.3. The van der Waals surface area contributed by atoms with Gasteiger partial charge in [0.1, 0.15) is 16.3 Å². The molecule has 0 aromatic carbocycles. The van der Waals surface area contributed by atoms with Crippen LogP contribution in [0.3, 0.4) is 0 Å². The molecule has 2 rings (SSSR count). The molecule has 2 bridgehead atoms. The van der Waals surface area contributed by atoms with Gasteiger partial charge in [0.25, 0.3) is 0 Å². The van der Waals surface area contributed by atoms with E-state index in [1.807, 2.05) is 33.8 Å². The van der Waals surface area contributed by atoms with Gasteiger partial charge in [-0.3, -0.25) is 14.4 Å². The molecule has 0 amide bonds. The van der Waals surface area contributed by atoms with Crippen molar-refractivity contribution in [2.75, 3.05) is 5.75 Å². The Labute approximate surface area is 215 Å². The van der Waals surface area contributed by atoms with Gasteiger partial charge in [0, 0.05) is 32.1 Å². The zero-order valence-electron chi connectivity index (χ0n) is 21.6. The first kappa shape index (κ1) is 30.0. The van der Waals surface area contributed by atoms with Crippen LogP contribution < -0.4 is 4.72 Å². The Balaban J connectivity index is 2.61. The largest absolute Gasteiger partial charge is 0.598 e. The number of fused-ring (bicyclic) bond motifs is 2. The topological polar surface area (TPSA) is 123 Å². The molecule has 2 heterocycles. The molecule has 11 heteroatoms. The molecule has 1 saturated heterocycles. The van der Waals surface area contributed by atoms with Gasteiger partial charge in [0.15, 0.2) is 18.3 Å². The van der Waals surface area contributed by atoms with Crippen molar-refractivity contribution in [1.82, 2.24) is 4.72 Å². The van der Waals surface area contributed by atoms with Crippen LogP contribution in [0, 0.1) is 5.92 Å². The molecule has 0 aliphatic carbocycles. The molecule has 1 N–H and O–H groups in total. The van der Waals surface area contributed by atoms with E-state index in [2.05, 4.69) is 10.8 Å². The lowest BCUT2D eigenvalue weighted by molar-refractivity contribution is -0.236. The Bertz CT molecular complexity index is 771. The standard InChI is InChI=1S/C24H39NO8S2/c1-14-12-10-8-9-11-13-34-23-22(32-17(4)28)21(31-16(3)27)20(30-15(2)26)19(33-23)18(14)25-35(29)24(5,6)7/h10,12,14,18-23,25H,8-9,11,13H2,1-7H3/b12-10-/t14?,18-,19-,20+,21+,22-,23-,35-/m1/s1. The fraction of sp³-hybridized carbons (Fsp3) is 0.792. The van der Waals surface area contributed by atoms with Crippen molar-refractivity contribution in [3.05, 3.63) is 12.2 Å². The average Bonchev–Trinajstić information content (AvgIpc) is 2.72. The van der Waals surface area contributed by atoms with Gasteiger partial charge in [0.2, 0.25) is 0 Å².